The molecule has 2 aromatic rings. The lowest BCUT2D eigenvalue weighted by Crippen LogP contribution is -2.23. The number of H-pyrrole nitrogens is 1. The van der Waals surface area contributed by atoms with E-state index in [1.165, 1.54) is 16.6 Å². The summed E-state index contributed by atoms with van der Waals surface area (Å²) < 4.78 is 5.35. The predicted octanol–water partition coefficient (Wildman–Crippen LogP) is 2.17. The van der Waals surface area contributed by atoms with Crippen LogP contribution in [0.1, 0.15) is 5.56 Å². The third kappa shape index (κ3) is 1.06. The summed E-state index contributed by atoms with van der Waals surface area (Å²) in [7, 11) is 3.85. The second-order valence-electron chi connectivity index (χ2n) is 4.02. The fourth-order valence-electron chi connectivity index (χ4n) is 2.37. The topological polar surface area (TPSA) is 28.3 Å². The summed E-state index contributed by atoms with van der Waals surface area (Å²) in [6.07, 6.45) is 3.21. The van der Waals surface area contributed by atoms with Crippen molar-refractivity contribution in [1.82, 2.24) is 4.98 Å². The first-order chi connectivity index (χ1) is 7.31. The summed E-state index contributed by atoms with van der Waals surface area (Å²) in [6.45, 7) is 1.09. The first-order valence-electron chi connectivity index (χ1n) is 5.19. The second-order valence-corrected chi connectivity index (χ2v) is 4.02. The van der Waals surface area contributed by atoms with Crippen molar-refractivity contribution in [1.29, 1.82) is 0 Å². The SMILES string of the molecule is COc1ccc2c3c(c[nH]c13)CCN2C. The van der Waals surface area contributed by atoms with Gasteiger partial charge in [0.2, 0.25) is 0 Å². The molecule has 0 saturated heterocycles. The Morgan fingerprint density at radius 2 is 2.27 bits per heavy atom. The molecule has 0 unspecified atom stereocenters. The average Bonchev–Trinajstić information content (AvgIpc) is 2.69. The van der Waals surface area contributed by atoms with Gasteiger partial charge in [-0.05, 0) is 24.1 Å². The molecule has 0 fully saturated rings. The van der Waals surface area contributed by atoms with Crippen molar-refractivity contribution in [2.75, 3.05) is 25.6 Å². The van der Waals surface area contributed by atoms with E-state index in [0.717, 1.165) is 24.2 Å². The summed E-state index contributed by atoms with van der Waals surface area (Å²) in [5, 5.41) is 1.32. The molecule has 0 amide bonds. The third-order valence-corrected chi connectivity index (χ3v) is 3.20. The van der Waals surface area contributed by atoms with Gasteiger partial charge in [0.15, 0.2) is 0 Å². The number of aromatic amines is 1. The molecule has 1 aromatic heterocycles. The zero-order valence-electron chi connectivity index (χ0n) is 9.00. The Morgan fingerprint density at radius 3 is 3.07 bits per heavy atom. The summed E-state index contributed by atoms with van der Waals surface area (Å²) in [5.74, 6) is 0.926. The molecule has 0 aliphatic carbocycles. The van der Waals surface area contributed by atoms with Crippen molar-refractivity contribution in [3.05, 3.63) is 23.9 Å². The van der Waals surface area contributed by atoms with Crippen LogP contribution in [0.15, 0.2) is 18.3 Å². The van der Waals surface area contributed by atoms with Crippen LogP contribution in [0.2, 0.25) is 0 Å². The highest BCUT2D eigenvalue weighted by Gasteiger charge is 2.19. The van der Waals surface area contributed by atoms with Crippen LogP contribution in [-0.2, 0) is 6.42 Å². The van der Waals surface area contributed by atoms with Gasteiger partial charge in [-0.2, -0.15) is 0 Å². The minimum Gasteiger partial charge on any atom is -0.495 e. The van der Waals surface area contributed by atoms with Gasteiger partial charge in [0.05, 0.1) is 12.6 Å². The van der Waals surface area contributed by atoms with E-state index in [9.17, 15) is 0 Å². The molecule has 1 aliphatic rings. The van der Waals surface area contributed by atoms with E-state index in [-0.39, 0.29) is 0 Å². The van der Waals surface area contributed by atoms with E-state index in [1.807, 2.05) is 6.07 Å². The monoisotopic (exact) mass is 202 g/mol. The molecule has 1 aliphatic heterocycles. The molecule has 2 heterocycles. The fraction of sp³-hybridized carbons (Fsp3) is 0.333. The molecule has 0 bridgehead atoms. The van der Waals surface area contributed by atoms with Gasteiger partial charge in [0, 0.05) is 30.9 Å². The second kappa shape index (κ2) is 2.92. The molecule has 15 heavy (non-hydrogen) atoms. The van der Waals surface area contributed by atoms with E-state index >= 15 is 0 Å². The van der Waals surface area contributed by atoms with Gasteiger partial charge in [-0.3, -0.25) is 0 Å². The smallest absolute Gasteiger partial charge is 0.143 e. The molecule has 78 valence electrons. The number of benzene rings is 1. The Bertz CT molecular complexity index is 516. The zero-order chi connectivity index (χ0) is 10.4. The van der Waals surface area contributed by atoms with E-state index < -0.39 is 0 Å². The number of methoxy groups -OCH3 is 1. The van der Waals surface area contributed by atoms with Crippen LogP contribution >= 0.6 is 0 Å². The normalized spacial score (nSPS) is 14.7. The van der Waals surface area contributed by atoms with Crippen LogP contribution in [-0.4, -0.2) is 25.7 Å². The predicted molar refractivity (Wildman–Crippen MR) is 61.8 cm³/mol. The van der Waals surface area contributed by atoms with Crippen molar-refractivity contribution in [2.24, 2.45) is 0 Å². The molecule has 3 rings (SSSR count). The van der Waals surface area contributed by atoms with Crippen molar-refractivity contribution >= 4 is 16.6 Å². The van der Waals surface area contributed by atoms with Crippen LogP contribution in [0.5, 0.6) is 5.75 Å². The van der Waals surface area contributed by atoms with E-state index in [2.05, 4.69) is 29.2 Å². The Hall–Kier alpha value is -1.64. The van der Waals surface area contributed by atoms with Gasteiger partial charge < -0.3 is 14.6 Å². The largest absolute Gasteiger partial charge is 0.495 e. The van der Waals surface area contributed by atoms with E-state index in [0.29, 0.717) is 0 Å². The molecule has 1 aromatic carbocycles. The fourth-order valence-corrected chi connectivity index (χ4v) is 2.37. The van der Waals surface area contributed by atoms with Gasteiger partial charge in [0.1, 0.15) is 5.75 Å². The number of nitrogens with one attached hydrogen (secondary N) is 1. The number of ether oxygens (including phenoxy) is 1. The molecule has 0 saturated carbocycles. The molecular weight excluding hydrogens is 188 g/mol. The molecule has 0 radical (unpaired) electrons. The molecule has 3 nitrogen and oxygen atoms in total. The standard InChI is InChI=1S/C12H14N2O/c1-14-6-5-8-7-13-12-10(15-2)4-3-9(14)11(8)12/h3-4,7,13H,5-6H2,1-2H3. The highest BCUT2D eigenvalue weighted by molar-refractivity contribution is 5.99. The summed E-state index contributed by atoms with van der Waals surface area (Å²) in [4.78, 5) is 5.60. The van der Waals surface area contributed by atoms with Crippen molar-refractivity contribution < 1.29 is 4.74 Å². The first-order valence-corrected chi connectivity index (χ1v) is 5.19. The number of likely N-dealkylation sites (N-methyl/N-ethyl adjacent to an activating group) is 1. The maximum atomic E-state index is 5.35. The maximum absolute atomic E-state index is 5.35. The number of hydrogen-bond acceptors (Lipinski definition) is 2. The average molecular weight is 202 g/mol. The number of hydrogen-bond donors (Lipinski definition) is 1. The Labute approximate surface area is 88.6 Å². The lowest BCUT2D eigenvalue weighted by Gasteiger charge is -2.25. The van der Waals surface area contributed by atoms with Gasteiger partial charge >= 0.3 is 0 Å². The number of rotatable bonds is 1. The van der Waals surface area contributed by atoms with Crippen molar-refractivity contribution in [2.45, 2.75) is 6.42 Å². The Kier molecular flexibility index (Phi) is 1.69. The lowest BCUT2D eigenvalue weighted by atomic mass is 10.0. The minimum absolute atomic E-state index is 0.926. The van der Waals surface area contributed by atoms with Crippen LogP contribution in [0, 0.1) is 0 Å². The summed E-state index contributed by atoms with van der Waals surface area (Å²) >= 11 is 0. The van der Waals surface area contributed by atoms with Gasteiger partial charge in [0.25, 0.3) is 0 Å². The quantitative estimate of drug-likeness (QED) is 0.767. The van der Waals surface area contributed by atoms with Crippen LogP contribution in [0.4, 0.5) is 5.69 Å². The number of nitrogens with zero attached hydrogens (tertiary/aromatic N) is 1. The van der Waals surface area contributed by atoms with Crippen molar-refractivity contribution in [3.8, 4) is 5.75 Å². The van der Waals surface area contributed by atoms with Gasteiger partial charge in [-0.25, -0.2) is 0 Å². The van der Waals surface area contributed by atoms with Crippen LogP contribution in [0.25, 0.3) is 10.9 Å². The zero-order valence-corrected chi connectivity index (χ0v) is 9.00. The Morgan fingerprint density at radius 1 is 1.40 bits per heavy atom. The third-order valence-electron chi connectivity index (χ3n) is 3.20. The van der Waals surface area contributed by atoms with E-state index in [4.69, 9.17) is 4.74 Å². The maximum Gasteiger partial charge on any atom is 0.143 e. The highest BCUT2D eigenvalue weighted by atomic mass is 16.5. The van der Waals surface area contributed by atoms with Crippen LogP contribution < -0.4 is 9.64 Å². The number of aromatic nitrogens is 1. The van der Waals surface area contributed by atoms with E-state index in [1.54, 1.807) is 7.11 Å². The van der Waals surface area contributed by atoms with Gasteiger partial charge in [-0.15, -0.1) is 0 Å². The molecule has 0 spiro atoms. The molecular formula is C12H14N2O. The van der Waals surface area contributed by atoms with Crippen molar-refractivity contribution in [3.63, 3.8) is 0 Å². The summed E-state index contributed by atoms with van der Waals surface area (Å²) in [5.41, 5.74) is 3.82. The Balaban J connectivity index is 2.39. The van der Waals surface area contributed by atoms with Gasteiger partial charge in [-0.1, -0.05) is 0 Å². The first kappa shape index (κ1) is 8.65. The number of anilines is 1. The molecule has 3 heteroatoms. The minimum atomic E-state index is 0.926. The highest BCUT2D eigenvalue weighted by Crippen LogP contribution is 2.37. The lowest BCUT2D eigenvalue weighted by molar-refractivity contribution is 0.419. The van der Waals surface area contributed by atoms with Crippen LogP contribution in [0.3, 0.4) is 0 Å². The molecule has 1 N–H and O–H groups in total. The molecule has 0 atom stereocenters. The summed E-state index contributed by atoms with van der Waals surface area (Å²) in [6, 6.07) is 4.16.